The van der Waals surface area contributed by atoms with Gasteiger partial charge in [0, 0.05) is 11.3 Å². The molecule has 0 saturated heterocycles. The summed E-state index contributed by atoms with van der Waals surface area (Å²) in [4.78, 5) is 0. The maximum absolute atomic E-state index is 6.11. The molecule has 2 aromatic rings. The largest absolute Gasteiger partial charge is 0.398 e. The first kappa shape index (κ1) is 14.0. The van der Waals surface area contributed by atoms with Crippen molar-refractivity contribution in [3.05, 3.63) is 23.8 Å². The topological polar surface area (TPSA) is 69.6 Å². The molecule has 1 aromatic heterocycles. The minimum Gasteiger partial charge on any atom is -0.398 e. The summed E-state index contributed by atoms with van der Waals surface area (Å²) in [5.41, 5.74) is 8.96. The molecule has 21 heavy (non-hydrogen) atoms. The van der Waals surface area contributed by atoms with Gasteiger partial charge in [0.2, 0.25) is 0 Å². The highest BCUT2D eigenvalue weighted by molar-refractivity contribution is 5.72. The monoisotopic (exact) mass is 285 g/mol. The molecule has 0 spiro atoms. The van der Waals surface area contributed by atoms with Crippen molar-refractivity contribution in [3.8, 4) is 11.4 Å². The van der Waals surface area contributed by atoms with Crippen LogP contribution in [0.4, 0.5) is 5.69 Å². The Kier molecular flexibility index (Phi) is 3.90. The standard InChI is InChI=1S/C16H23N5/c1-3-12-5-7-13(8-6-12)21-16(18-19-20-21)14-10-11(2)4-9-15(14)17/h4,9-10,12-13H,3,5-8,17H2,1-2H3. The number of nitrogens with zero attached hydrogens (tertiary/aromatic N) is 4. The van der Waals surface area contributed by atoms with Crippen molar-refractivity contribution >= 4 is 5.69 Å². The molecule has 0 bridgehead atoms. The molecule has 0 unspecified atom stereocenters. The van der Waals surface area contributed by atoms with Crippen LogP contribution in [0.2, 0.25) is 0 Å². The summed E-state index contributed by atoms with van der Waals surface area (Å²) in [5.74, 6) is 1.67. The first-order valence-corrected chi connectivity index (χ1v) is 7.83. The van der Waals surface area contributed by atoms with Gasteiger partial charge in [-0.2, -0.15) is 0 Å². The van der Waals surface area contributed by atoms with Crippen molar-refractivity contribution in [2.75, 3.05) is 5.73 Å². The van der Waals surface area contributed by atoms with Crippen molar-refractivity contribution < 1.29 is 0 Å². The molecule has 1 aliphatic carbocycles. The average Bonchev–Trinajstić information content (AvgIpc) is 2.99. The third-order valence-electron chi connectivity index (χ3n) is 4.68. The fourth-order valence-electron chi connectivity index (χ4n) is 3.28. The first-order valence-electron chi connectivity index (χ1n) is 7.83. The molecule has 1 saturated carbocycles. The predicted molar refractivity (Wildman–Crippen MR) is 83.7 cm³/mol. The van der Waals surface area contributed by atoms with Crippen LogP contribution in [0.15, 0.2) is 18.2 Å². The van der Waals surface area contributed by atoms with Gasteiger partial charge >= 0.3 is 0 Å². The van der Waals surface area contributed by atoms with Gasteiger partial charge in [-0.1, -0.05) is 25.0 Å². The van der Waals surface area contributed by atoms with E-state index in [1.807, 2.05) is 16.8 Å². The molecular weight excluding hydrogens is 262 g/mol. The molecule has 1 fully saturated rings. The number of benzene rings is 1. The van der Waals surface area contributed by atoms with Crippen LogP contribution in [0.1, 0.15) is 50.6 Å². The number of aryl methyl sites for hydroxylation is 1. The second-order valence-electron chi connectivity index (χ2n) is 6.12. The Morgan fingerprint density at radius 3 is 2.71 bits per heavy atom. The lowest BCUT2D eigenvalue weighted by atomic mass is 9.84. The van der Waals surface area contributed by atoms with Gasteiger partial charge in [0.05, 0.1) is 6.04 Å². The minimum atomic E-state index is 0.401. The second-order valence-corrected chi connectivity index (χ2v) is 6.12. The fraction of sp³-hybridized carbons (Fsp3) is 0.562. The molecule has 3 rings (SSSR count). The summed E-state index contributed by atoms with van der Waals surface area (Å²) in [6, 6.07) is 6.41. The normalized spacial score (nSPS) is 22.4. The summed E-state index contributed by atoms with van der Waals surface area (Å²) in [6.45, 7) is 4.34. The van der Waals surface area contributed by atoms with E-state index in [4.69, 9.17) is 5.73 Å². The molecule has 0 atom stereocenters. The molecule has 0 radical (unpaired) electrons. The van der Waals surface area contributed by atoms with Crippen LogP contribution in [0.3, 0.4) is 0 Å². The Hall–Kier alpha value is -1.91. The number of nitrogen functional groups attached to an aromatic ring is 1. The van der Waals surface area contributed by atoms with E-state index in [0.29, 0.717) is 6.04 Å². The smallest absolute Gasteiger partial charge is 0.184 e. The molecule has 5 heteroatoms. The van der Waals surface area contributed by atoms with Crippen LogP contribution < -0.4 is 5.73 Å². The van der Waals surface area contributed by atoms with Gasteiger partial charge in [0.25, 0.3) is 0 Å². The highest BCUT2D eigenvalue weighted by atomic mass is 15.5. The molecule has 1 aromatic carbocycles. The fourth-order valence-corrected chi connectivity index (χ4v) is 3.28. The van der Waals surface area contributed by atoms with E-state index in [1.165, 1.54) is 24.8 Å². The zero-order valence-electron chi connectivity index (χ0n) is 12.8. The zero-order valence-corrected chi connectivity index (χ0v) is 12.8. The zero-order chi connectivity index (χ0) is 14.8. The Morgan fingerprint density at radius 2 is 2.00 bits per heavy atom. The van der Waals surface area contributed by atoms with E-state index in [1.54, 1.807) is 0 Å². The Labute approximate surface area is 125 Å². The summed E-state index contributed by atoms with van der Waals surface area (Å²) >= 11 is 0. The highest BCUT2D eigenvalue weighted by Crippen LogP contribution is 2.35. The summed E-state index contributed by atoms with van der Waals surface area (Å²) < 4.78 is 1.98. The van der Waals surface area contributed by atoms with Crippen LogP contribution in [0.25, 0.3) is 11.4 Å². The lowest BCUT2D eigenvalue weighted by molar-refractivity contribution is 0.255. The molecule has 2 N–H and O–H groups in total. The maximum Gasteiger partial charge on any atom is 0.184 e. The average molecular weight is 285 g/mol. The van der Waals surface area contributed by atoms with Crippen molar-refractivity contribution in [2.45, 2.75) is 52.0 Å². The summed E-state index contributed by atoms with van der Waals surface area (Å²) in [6.07, 6.45) is 6.12. The number of tetrazole rings is 1. The molecule has 0 aliphatic heterocycles. The maximum atomic E-state index is 6.11. The lowest BCUT2D eigenvalue weighted by Crippen LogP contribution is -2.20. The quantitative estimate of drug-likeness (QED) is 0.878. The van der Waals surface area contributed by atoms with E-state index >= 15 is 0 Å². The number of aromatic nitrogens is 4. The van der Waals surface area contributed by atoms with Gasteiger partial charge in [-0.25, -0.2) is 4.68 Å². The molecule has 5 nitrogen and oxygen atoms in total. The van der Waals surface area contributed by atoms with Crippen LogP contribution in [0, 0.1) is 12.8 Å². The Morgan fingerprint density at radius 1 is 1.24 bits per heavy atom. The van der Waals surface area contributed by atoms with Crippen molar-refractivity contribution in [2.24, 2.45) is 5.92 Å². The third kappa shape index (κ3) is 2.77. The van der Waals surface area contributed by atoms with E-state index in [-0.39, 0.29) is 0 Å². The molecule has 112 valence electrons. The van der Waals surface area contributed by atoms with Gasteiger partial charge in [-0.3, -0.25) is 0 Å². The van der Waals surface area contributed by atoms with Crippen LogP contribution >= 0.6 is 0 Å². The van der Waals surface area contributed by atoms with E-state index in [0.717, 1.165) is 35.8 Å². The minimum absolute atomic E-state index is 0.401. The van der Waals surface area contributed by atoms with Gasteiger partial charge in [0.15, 0.2) is 5.82 Å². The van der Waals surface area contributed by atoms with Gasteiger partial charge in [-0.05, 0) is 61.1 Å². The predicted octanol–water partition coefficient (Wildman–Crippen LogP) is 3.37. The Balaban J connectivity index is 1.89. The highest BCUT2D eigenvalue weighted by Gasteiger charge is 2.25. The van der Waals surface area contributed by atoms with Gasteiger partial charge in [0.1, 0.15) is 0 Å². The lowest BCUT2D eigenvalue weighted by Gasteiger charge is -2.28. The number of hydrogen-bond acceptors (Lipinski definition) is 4. The second kappa shape index (κ2) is 5.84. The number of nitrogens with two attached hydrogens (primary N) is 1. The first-order chi connectivity index (χ1) is 10.2. The van der Waals surface area contributed by atoms with Crippen LogP contribution in [-0.2, 0) is 0 Å². The van der Waals surface area contributed by atoms with Crippen LogP contribution in [0.5, 0.6) is 0 Å². The van der Waals surface area contributed by atoms with Crippen LogP contribution in [-0.4, -0.2) is 20.2 Å². The number of rotatable bonds is 3. The van der Waals surface area contributed by atoms with Crippen molar-refractivity contribution in [1.82, 2.24) is 20.2 Å². The summed E-state index contributed by atoms with van der Waals surface area (Å²) in [7, 11) is 0. The molecule has 1 aliphatic rings. The van der Waals surface area contributed by atoms with E-state index < -0.39 is 0 Å². The number of anilines is 1. The Bertz CT molecular complexity index is 611. The molecular formula is C16H23N5. The van der Waals surface area contributed by atoms with E-state index in [2.05, 4.69) is 35.4 Å². The SMILES string of the molecule is CCC1CCC(n2nnnc2-c2cc(C)ccc2N)CC1. The molecule has 1 heterocycles. The van der Waals surface area contributed by atoms with Gasteiger partial charge < -0.3 is 5.73 Å². The third-order valence-corrected chi connectivity index (χ3v) is 4.68. The summed E-state index contributed by atoms with van der Waals surface area (Å²) in [5, 5.41) is 12.4. The van der Waals surface area contributed by atoms with Crippen molar-refractivity contribution in [1.29, 1.82) is 0 Å². The van der Waals surface area contributed by atoms with Crippen molar-refractivity contribution in [3.63, 3.8) is 0 Å². The number of hydrogen-bond donors (Lipinski definition) is 1. The van der Waals surface area contributed by atoms with Gasteiger partial charge in [-0.15, -0.1) is 5.10 Å². The molecule has 0 amide bonds. The van der Waals surface area contributed by atoms with E-state index in [9.17, 15) is 0 Å².